The van der Waals surface area contributed by atoms with Gasteiger partial charge in [-0.3, -0.25) is 0 Å². The smallest absolute Gasteiger partial charge is 0.226 e. The molecule has 6 rings (SSSR count). The van der Waals surface area contributed by atoms with E-state index in [-0.39, 0.29) is 11.4 Å². The van der Waals surface area contributed by atoms with Gasteiger partial charge in [0.15, 0.2) is 0 Å². The number of alkyl halides is 3. The van der Waals surface area contributed by atoms with Gasteiger partial charge >= 0.3 is 6.18 Å². The van der Waals surface area contributed by atoms with Crippen LogP contribution < -0.4 is 0 Å². The van der Waals surface area contributed by atoms with E-state index in [9.17, 15) is 34.2 Å². The summed E-state index contributed by atoms with van der Waals surface area (Å²) in [5, 5.41) is 39.1. The maximum atomic E-state index is 13.5. The van der Waals surface area contributed by atoms with Crippen LogP contribution in [0.5, 0.6) is 0 Å². The lowest BCUT2D eigenvalue weighted by Gasteiger charge is -2.16. The molecule has 0 N–H and O–H groups in total. The third kappa shape index (κ3) is 4.62. The Balaban J connectivity index is 1.66. The molecular weight excluding hydrogens is 597 g/mol. The Morgan fingerprint density at radius 3 is 1.45 bits per heavy atom. The highest BCUT2D eigenvalue weighted by Gasteiger charge is 2.40. The minimum atomic E-state index is -4.72. The summed E-state index contributed by atoms with van der Waals surface area (Å²) >= 11 is 0. The molecule has 2 aliphatic rings. The van der Waals surface area contributed by atoms with Crippen LogP contribution in [0.1, 0.15) is 44.5 Å². The molecule has 0 fully saturated rings. The second-order valence-corrected chi connectivity index (χ2v) is 10.7. The minimum Gasteiger partial charge on any atom is -0.226 e. The number of nitrogens with zero attached hydrogens (tertiary/aromatic N) is 6. The highest BCUT2D eigenvalue weighted by molar-refractivity contribution is 6.37. The molecular formula is C38H15F3N6. The van der Waals surface area contributed by atoms with E-state index in [0.29, 0.717) is 61.2 Å². The second kappa shape index (κ2) is 11.1. The fourth-order valence-corrected chi connectivity index (χ4v) is 6.11. The summed E-state index contributed by atoms with van der Waals surface area (Å²) < 4.78 is 40.5. The van der Waals surface area contributed by atoms with Gasteiger partial charge < -0.3 is 0 Å². The molecule has 0 saturated heterocycles. The zero-order chi connectivity index (χ0) is 33.6. The van der Waals surface area contributed by atoms with Crippen molar-refractivity contribution in [2.45, 2.75) is 13.1 Å². The zero-order valence-electron chi connectivity index (χ0n) is 24.2. The fraction of sp³-hybridized carbons (Fsp3) is 0.0526. The van der Waals surface area contributed by atoms with Crippen molar-refractivity contribution in [3.8, 4) is 46.5 Å². The largest absolute Gasteiger partial charge is 0.417 e. The van der Waals surface area contributed by atoms with Crippen molar-refractivity contribution in [3.63, 3.8) is 0 Å². The quantitative estimate of drug-likeness (QED) is 0.166. The topological polar surface area (TPSA) is 104 Å². The van der Waals surface area contributed by atoms with Gasteiger partial charge in [-0.2, -0.15) is 23.7 Å². The summed E-state index contributed by atoms with van der Waals surface area (Å²) in [6.45, 7) is 17.4. The Kier molecular flexibility index (Phi) is 7.04. The van der Waals surface area contributed by atoms with Crippen molar-refractivity contribution in [2.24, 2.45) is 0 Å². The van der Waals surface area contributed by atoms with Crippen molar-refractivity contribution in [1.29, 1.82) is 21.0 Å². The first-order chi connectivity index (χ1) is 22.6. The van der Waals surface area contributed by atoms with E-state index >= 15 is 0 Å². The predicted octanol–water partition coefficient (Wildman–Crippen LogP) is 9.34. The second-order valence-electron chi connectivity index (χ2n) is 10.7. The first-order valence-electron chi connectivity index (χ1n) is 13.8. The van der Waals surface area contributed by atoms with Gasteiger partial charge in [0.1, 0.15) is 0 Å². The fourth-order valence-electron chi connectivity index (χ4n) is 6.11. The van der Waals surface area contributed by atoms with E-state index in [0.717, 1.165) is 28.8 Å². The lowest BCUT2D eigenvalue weighted by molar-refractivity contribution is -0.137. The molecule has 0 bridgehead atoms. The van der Waals surface area contributed by atoms with Crippen LogP contribution in [0.3, 0.4) is 0 Å². The average molecular weight is 613 g/mol. The van der Waals surface area contributed by atoms with Gasteiger partial charge in [-0.25, -0.2) is 20.2 Å². The summed E-state index contributed by atoms with van der Waals surface area (Å²) in [5.41, 5.74) is 5.11. The number of aryl methyl sites for hydroxylation is 1. The highest BCUT2D eigenvalue weighted by atomic mass is 19.4. The Morgan fingerprint density at radius 2 is 1.02 bits per heavy atom. The van der Waals surface area contributed by atoms with E-state index < -0.39 is 17.3 Å². The van der Waals surface area contributed by atoms with Gasteiger partial charge in [-0.1, -0.05) is 42.5 Å². The number of rotatable bonds is 2. The monoisotopic (exact) mass is 612 g/mol. The summed E-state index contributed by atoms with van der Waals surface area (Å²) in [5.74, 6) is 0. The van der Waals surface area contributed by atoms with E-state index in [4.69, 9.17) is 13.1 Å². The van der Waals surface area contributed by atoms with Crippen LogP contribution in [0.4, 0.5) is 13.2 Å². The number of halogens is 3. The predicted molar refractivity (Wildman–Crippen MR) is 168 cm³/mol. The molecule has 2 aliphatic carbocycles. The molecule has 0 amide bonds. The number of fused-ring (bicyclic) bond motifs is 4. The number of hydrogen-bond acceptors (Lipinski definition) is 4. The van der Waals surface area contributed by atoms with Crippen molar-refractivity contribution >= 4 is 22.3 Å². The van der Waals surface area contributed by atoms with Gasteiger partial charge in [0.05, 0.1) is 54.1 Å². The van der Waals surface area contributed by atoms with Crippen LogP contribution in [0.2, 0.25) is 0 Å². The molecule has 218 valence electrons. The maximum absolute atomic E-state index is 13.5. The van der Waals surface area contributed by atoms with Crippen molar-refractivity contribution in [2.75, 3.05) is 0 Å². The molecule has 0 aromatic heterocycles. The first-order valence-corrected chi connectivity index (χ1v) is 13.8. The summed E-state index contributed by atoms with van der Waals surface area (Å²) in [6, 6.07) is 26.8. The van der Waals surface area contributed by atoms with Crippen molar-refractivity contribution in [1.82, 2.24) is 0 Å². The van der Waals surface area contributed by atoms with Crippen LogP contribution in [-0.4, -0.2) is 0 Å². The normalized spacial score (nSPS) is 14.7. The molecule has 0 radical (unpaired) electrons. The SMILES string of the molecule is [C-]#[N+]/C(C#N)=C1C2=C(/C(=C(\C#N)[N+]#[C-])c3ccc(-c4ccc(C)c(C#N)c4)cc32)c2cc(-c3ccc(C(F)(F)F)c(C#N)c3)ccc2\1. The van der Waals surface area contributed by atoms with Crippen LogP contribution in [-0.2, 0) is 6.18 Å². The first kappa shape index (κ1) is 29.9. The van der Waals surface area contributed by atoms with E-state index in [1.807, 2.05) is 37.3 Å². The Labute approximate surface area is 267 Å². The Hall–Kier alpha value is -7.17. The molecule has 0 unspecified atom stereocenters. The average Bonchev–Trinajstić information content (AvgIpc) is 3.58. The summed E-state index contributed by atoms with van der Waals surface area (Å²) in [4.78, 5) is 6.99. The molecule has 0 heterocycles. The number of allylic oxidation sites excluding steroid dienone is 6. The molecule has 4 aromatic rings. The summed E-state index contributed by atoms with van der Waals surface area (Å²) in [6.07, 6.45) is -4.72. The molecule has 4 aromatic carbocycles. The van der Waals surface area contributed by atoms with Gasteiger partial charge in [-0.05, 0) is 98.5 Å². The van der Waals surface area contributed by atoms with E-state index in [1.54, 1.807) is 42.5 Å². The Bertz CT molecular complexity index is 2440. The van der Waals surface area contributed by atoms with Gasteiger partial charge in [0, 0.05) is 11.1 Å². The Morgan fingerprint density at radius 1 is 0.596 bits per heavy atom. The lowest BCUT2D eigenvalue weighted by Crippen LogP contribution is -2.07. The lowest BCUT2D eigenvalue weighted by atomic mass is 9.88. The van der Waals surface area contributed by atoms with Crippen molar-refractivity contribution in [3.05, 3.63) is 152 Å². The van der Waals surface area contributed by atoms with Gasteiger partial charge in [0.2, 0.25) is 0 Å². The third-order valence-corrected chi connectivity index (χ3v) is 8.25. The molecule has 47 heavy (non-hydrogen) atoms. The molecule has 0 spiro atoms. The molecule has 0 aliphatic heterocycles. The standard InChI is InChI=1S/C38H15F3N6/c1-20-4-5-21(12-25(20)16-42)23-6-9-27-29(14-23)36-35(33(19-45)47-3)28-10-7-24(15-30(28)37(36)34(27)32(18-44)46-2)22-8-11-31(38(39,40)41)26(13-22)17-43/h4-15H,1H3/b34-32+,35-33-. The third-order valence-electron chi connectivity index (χ3n) is 8.25. The number of benzene rings is 4. The van der Waals surface area contributed by atoms with Crippen LogP contribution in [0, 0.1) is 65.4 Å². The van der Waals surface area contributed by atoms with E-state index in [1.165, 1.54) is 6.07 Å². The minimum absolute atomic E-state index is 0.216. The van der Waals surface area contributed by atoms with Gasteiger partial charge in [-0.15, -0.1) is 0 Å². The van der Waals surface area contributed by atoms with Crippen LogP contribution in [0.15, 0.2) is 84.2 Å². The van der Waals surface area contributed by atoms with E-state index in [2.05, 4.69) is 15.8 Å². The van der Waals surface area contributed by atoms with Crippen molar-refractivity contribution < 1.29 is 13.2 Å². The zero-order valence-corrected chi connectivity index (χ0v) is 24.2. The molecule has 6 nitrogen and oxygen atoms in total. The highest BCUT2D eigenvalue weighted by Crippen LogP contribution is 2.60. The summed E-state index contributed by atoms with van der Waals surface area (Å²) in [7, 11) is 0. The molecule has 9 heteroatoms. The van der Waals surface area contributed by atoms with Crippen LogP contribution >= 0.6 is 0 Å². The van der Waals surface area contributed by atoms with Gasteiger partial charge in [0.25, 0.3) is 11.4 Å². The molecule has 0 saturated carbocycles. The van der Waals surface area contributed by atoms with Crippen LogP contribution in [0.25, 0.3) is 54.2 Å². The number of nitriles is 4. The number of hydrogen-bond donors (Lipinski definition) is 0. The maximum Gasteiger partial charge on any atom is 0.417 e. The molecule has 0 atom stereocenters.